The zero-order valence-electron chi connectivity index (χ0n) is 18.9. The Kier molecular flexibility index (Phi) is 7.27. The van der Waals surface area contributed by atoms with Gasteiger partial charge in [0, 0.05) is 51.9 Å². The monoisotopic (exact) mass is 428 g/mol. The van der Waals surface area contributed by atoms with E-state index in [2.05, 4.69) is 21.9 Å². The maximum atomic E-state index is 12.8. The maximum absolute atomic E-state index is 12.8. The maximum Gasteiger partial charge on any atom is 0.242 e. The van der Waals surface area contributed by atoms with E-state index in [0.717, 1.165) is 27.9 Å². The first-order valence-electron chi connectivity index (χ1n) is 10.6. The SMILES string of the molecule is C=CCNC(=O)CN1CCN(C(=O)CCc2c(C)nc3c(c(OC)nn3C)c2C)CC1. The summed E-state index contributed by atoms with van der Waals surface area (Å²) in [7, 11) is 3.45. The summed E-state index contributed by atoms with van der Waals surface area (Å²) in [6.45, 7) is 11.1. The number of methoxy groups -OCH3 is 1. The van der Waals surface area contributed by atoms with E-state index in [1.54, 1.807) is 17.9 Å². The van der Waals surface area contributed by atoms with E-state index >= 15 is 0 Å². The number of hydrogen-bond donors (Lipinski definition) is 1. The number of aryl methyl sites for hydroxylation is 3. The van der Waals surface area contributed by atoms with E-state index in [0.29, 0.717) is 58.0 Å². The second-order valence-corrected chi connectivity index (χ2v) is 7.88. The number of carbonyl (C=O) groups excluding carboxylic acids is 2. The molecule has 0 spiro atoms. The van der Waals surface area contributed by atoms with Gasteiger partial charge in [-0.15, -0.1) is 11.7 Å². The molecule has 0 aliphatic carbocycles. The summed E-state index contributed by atoms with van der Waals surface area (Å²) in [6.07, 6.45) is 2.72. The van der Waals surface area contributed by atoms with Gasteiger partial charge in [-0.05, 0) is 31.4 Å². The van der Waals surface area contributed by atoms with Crippen LogP contribution in [0.3, 0.4) is 0 Å². The molecule has 0 radical (unpaired) electrons. The number of hydrogen-bond acceptors (Lipinski definition) is 6. The van der Waals surface area contributed by atoms with Crippen molar-refractivity contribution in [3.63, 3.8) is 0 Å². The van der Waals surface area contributed by atoms with Crippen LogP contribution in [-0.4, -0.2) is 82.8 Å². The van der Waals surface area contributed by atoms with Crippen LogP contribution in [0, 0.1) is 13.8 Å². The number of ether oxygens (including phenoxy) is 1. The summed E-state index contributed by atoms with van der Waals surface area (Å²) in [5.74, 6) is 0.676. The number of nitrogens with zero attached hydrogens (tertiary/aromatic N) is 5. The number of amides is 2. The first-order valence-corrected chi connectivity index (χ1v) is 10.6. The van der Waals surface area contributed by atoms with Crippen LogP contribution >= 0.6 is 0 Å². The molecule has 1 N–H and O–H groups in total. The molecule has 1 aliphatic rings. The van der Waals surface area contributed by atoms with Crippen molar-refractivity contribution in [2.75, 3.05) is 46.4 Å². The Balaban J connectivity index is 1.58. The van der Waals surface area contributed by atoms with Crippen molar-refractivity contribution in [2.45, 2.75) is 26.7 Å². The van der Waals surface area contributed by atoms with Crippen LogP contribution < -0.4 is 10.1 Å². The van der Waals surface area contributed by atoms with Gasteiger partial charge >= 0.3 is 0 Å². The van der Waals surface area contributed by atoms with Crippen LogP contribution in [0.1, 0.15) is 23.2 Å². The fourth-order valence-corrected chi connectivity index (χ4v) is 4.10. The molecular weight excluding hydrogens is 396 g/mol. The molecular formula is C22H32N6O3. The van der Waals surface area contributed by atoms with Crippen LogP contribution in [0.25, 0.3) is 11.0 Å². The molecule has 0 unspecified atom stereocenters. The molecule has 2 aromatic heterocycles. The van der Waals surface area contributed by atoms with Gasteiger partial charge in [-0.2, -0.15) is 0 Å². The molecule has 3 rings (SSSR count). The molecule has 0 saturated carbocycles. The third kappa shape index (κ3) is 5.04. The van der Waals surface area contributed by atoms with Crippen molar-refractivity contribution in [2.24, 2.45) is 7.05 Å². The molecule has 3 heterocycles. The summed E-state index contributed by atoms with van der Waals surface area (Å²) < 4.78 is 7.14. The van der Waals surface area contributed by atoms with Crippen molar-refractivity contribution < 1.29 is 14.3 Å². The van der Waals surface area contributed by atoms with E-state index in [-0.39, 0.29) is 11.8 Å². The number of nitrogens with one attached hydrogen (secondary N) is 1. The fraction of sp³-hybridized carbons (Fsp3) is 0.545. The largest absolute Gasteiger partial charge is 0.479 e. The molecule has 1 saturated heterocycles. The Morgan fingerprint density at radius 2 is 1.94 bits per heavy atom. The molecule has 1 aliphatic heterocycles. The quantitative estimate of drug-likeness (QED) is 0.630. The number of carbonyl (C=O) groups is 2. The Bertz CT molecular complexity index is 976. The minimum atomic E-state index is -0.0145. The number of aromatic nitrogens is 3. The second-order valence-electron chi connectivity index (χ2n) is 7.88. The highest BCUT2D eigenvalue weighted by atomic mass is 16.5. The minimum Gasteiger partial charge on any atom is -0.479 e. The Morgan fingerprint density at radius 3 is 2.58 bits per heavy atom. The highest BCUT2D eigenvalue weighted by Gasteiger charge is 2.23. The number of fused-ring (bicyclic) bond motifs is 1. The predicted molar refractivity (Wildman–Crippen MR) is 119 cm³/mol. The smallest absolute Gasteiger partial charge is 0.242 e. The van der Waals surface area contributed by atoms with E-state index in [9.17, 15) is 9.59 Å². The molecule has 0 atom stereocenters. The Hall–Kier alpha value is -2.94. The Morgan fingerprint density at radius 1 is 1.23 bits per heavy atom. The van der Waals surface area contributed by atoms with Gasteiger partial charge in [0.1, 0.15) is 0 Å². The van der Waals surface area contributed by atoms with Crippen LogP contribution in [0.2, 0.25) is 0 Å². The fourth-order valence-electron chi connectivity index (χ4n) is 4.10. The van der Waals surface area contributed by atoms with Crippen molar-refractivity contribution in [1.29, 1.82) is 0 Å². The van der Waals surface area contributed by atoms with Crippen molar-refractivity contribution >= 4 is 22.8 Å². The van der Waals surface area contributed by atoms with Gasteiger partial charge in [-0.25, -0.2) is 9.67 Å². The molecule has 9 heteroatoms. The van der Waals surface area contributed by atoms with Gasteiger partial charge in [-0.3, -0.25) is 14.5 Å². The van der Waals surface area contributed by atoms with E-state index in [4.69, 9.17) is 9.72 Å². The van der Waals surface area contributed by atoms with E-state index in [1.165, 1.54) is 0 Å². The summed E-state index contributed by atoms with van der Waals surface area (Å²) in [5.41, 5.74) is 3.84. The third-order valence-corrected chi connectivity index (χ3v) is 5.84. The summed E-state index contributed by atoms with van der Waals surface area (Å²) in [4.78, 5) is 33.3. The first kappa shape index (κ1) is 22.7. The zero-order chi connectivity index (χ0) is 22.5. The molecule has 168 valence electrons. The van der Waals surface area contributed by atoms with Gasteiger partial charge in [-0.1, -0.05) is 6.08 Å². The second kappa shape index (κ2) is 9.91. The molecule has 9 nitrogen and oxygen atoms in total. The number of rotatable bonds is 8. The van der Waals surface area contributed by atoms with Gasteiger partial charge < -0.3 is 15.0 Å². The number of pyridine rings is 1. The Labute approximate surface area is 183 Å². The molecule has 0 aromatic carbocycles. The third-order valence-electron chi connectivity index (χ3n) is 5.84. The highest BCUT2D eigenvalue weighted by Crippen LogP contribution is 2.30. The zero-order valence-corrected chi connectivity index (χ0v) is 18.9. The lowest BCUT2D eigenvalue weighted by molar-refractivity contribution is -0.133. The molecule has 0 bridgehead atoms. The molecule has 31 heavy (non-hydrogen) atoms. The topological polar surface area (TPSA) is 92.6 Å². The standard InChI is InChI=1S/C22H32N6O3/c1-6-9-23-18(29)14-27-10-12-28(13-11-27)19(30)8-7-17-15(2)20-21(24-16(17)3)26(4)25-22(20)31-5/h6H,1,7-14H2,2-5H3,(H,23,29). The average Bonchev–Trinajstić information content (AvgIpc) is 3.08. The van der Waals surface area contributed by atoms with Crippen molar-refractivity contribution in [3.8, 4) is 5.88 Å². The van der Waals surface area contributed by atoms with Gasteiger partial charge in [0.15, 0.2) is 5.65 Å². The minimum absolute atomic E-state index is 0.0145. The van der Waals surface area contributed by atoms with Gasteiger partial charge in [0.25, 0.3) is 0 Å². The molecule has 2 amide bonds. The van der Waals surface area contributed by atoms with Crippen LogP contribution in [0.5, 0.6) is 5.88 Å². The molecule has 2 aromatic rings. The highest BCUT2D eigenvalue weighted by molar-refractivity contribution is 5.86. The van der Waals surface area contributed by atoms with E-state index in [1.807, 2.05) is 25.8 Å². The summed E-state index contributed by atoms with van der Waals surface area (Å²) >= 11 is 0. The van der Waals surface area contributed by atoms with Crippen LogP contribution in [-0.2, 0) is 23.1 Å². The van der Waals surface area contributed by atoms with Crippen LogP contribution in [0.15, 0.2) is 12.7 Å². The predicted octanol–water partition coefficient (Wildman–Crippen LogP) is 0.973. The van der Waals surface area contributed by atoms with Crippen molar-refractivity contribution in [3.05, 3.63) is 29.5 Å². The van der Waals surface area contributed by atoms with Crippen LogP contribution in [0.4, 0.5) is 0 Å². The lowest BCUT2D eigenvalue weighted by atomic mass is 10.00. The lowest BCUT2D eigenvalue weighted by Gasteiger charge is -2.34. The van der Waals surface area contributed by atoms with Crippen molar-refractivity contribution in [1.82, 2.24) is 29.9 Å². The average molecular weight is 429 g/mol. The summed E-state index contributed by atoms with van der Waals surface area (Å²) in [5, 5.41) is 8.07. The van der Waals surface area contributed by atoms with Gasteiger partial charge in [0.2, 0.25) is 17.7 Å². The summed E-state index contributed by atoms with van der Waals surface area (Å²) in [6, 6.07) is 0. The lowest BCUT2D eigenvalue weighted by Crippen LogP contribution is -2.51. The molecule has 1 fully saturated rings. The first-order chi connectivity index (χ1) is 14.8. The van der Waals surface area contributed by atoms with E-state index < -0.39 is 0 Å². The normalized spacial score (nSPS) is 14.6. The number of piperazine rings is 1. The van der Waals surface area contributed by atoms with Gasteiger partial charge in [0.05, 0.1) is 19.0 Å².